The Morgan fingerprint density at radius 2 is 0.864 bits per heavy atom. The molecule has 0 atom stereocenters. The standard InChI is InChI=1S/C21H19Br/c1-2-16-3-7-18(8-4-16)20-11-13-21(14-12-20)19-9-5-17(15-22)6-10-19/h3-14H,2,15H2,1H3. The molecule has 22 heavy (non-hydrogen) atoms. The minimum Gasteiger partial charge on any atom is -0.0876 e. The third-order valence-corrected chi connectivity index (χ3v) is 4.67. The van der Waals surface area contributed by atoms with Gasteiger partial charge in [0.2, 0.25) is 0 Å². The van der Waals surface area contributed by atoms with Crippen LogP contribution in [0.25, 0.3) is 22.3 Å². The molecule has 0 bridgehead atoms. The van der Waals surface area contributed by atoms with E-state index in [-0.39, 0.29) is 0 Å². The average Bonchev–Trinajstić information content (AvgIpc) is 2.62. The second-order valence-electron chi connectivity index (χ2n) is 5.46. The van der Waals surface area contributed by atoms with Gasteiger partial charge in [0.1, 0.15) is 0 Å². The van der Waals surface area contributed by atoms with E-state index in [0.29, 0.717) is 0 Å². The summed E-state index contributed by atoms with van der Waals surface area (Å²) in [7, 11) is 0. The second-order valence-corrected chi connectivity index (χ2v) is 6.02. The van der Waals surface area contributed by atoms with Gasteiger partial charge in [0.25, 0.3) is 0 Å². The zero-order valence-electron chi connectivity index (χ0n) is 12.7. The fraction of sp³-hybridized carbons (Fsp3) is 0.143. The van der Waals surface area contributed by atoms with Crippen LogP contribution in [0.15, 0.2) is 72.8 Å². The van der Waals surface area contributed by atoms with E-state index in [1.807, 2.05) is 0 Å². The van der Waals surface area contributed by atoms with E-state index in [1.54, 1.807) is 0 Å². The van der Waals surface area contributed by atoms with Gasteiger partial charge in [-0.3, -0.25) is 0 Å². The predicted octanol–water partition coefficient (Wildman–Crippen LogP) is 6.48. The summed E-state index contributed by atoms with van der Waals surface area (Å²) in [6.07, 6.45) is 1.09. The Labute approximate surface area is 141 Å². The van der Waals surface area contributed by atoms with Crippen molar-refractivity contribution in [2.45, 2.75) is 18.7 Å². The highest BCUT2D eigenvalue weighted by molar-refractivity contribution is 9.08. The zero-order valence-corrected chi connectivity index (χ0v) is 14.3. The topological polar surface area (TPSA) is 0 Å². The maximum atomic E-state index is 3.48. The molecule has 0 amide bonds. The second kappa shape index (κ2) is 6.93. The predicted molar refractivity (Wildman–Crippen MR) is 99.3 cm³/mol. The summed E-state index contributed by atoms with van der Waals surface area (Å²) in [5, 5.41) is 0.903. The lowest BCUT2D eigenvalue weighted by Gasteiger charge is -2.06. The van der Waals surface area contributed by atoms with Gasteiger partial charge in [-0.05, 0) is 39.8 Å². The van der Waals surface area contributed by atoms with Crippen LogP contribution in [0, 0.1) is 0 Å². The third-order valence-electron chi connectivity index (χ3n) is 4.02. The Hall–Kier alpha value is -1.86. The minimum absolute atomic E-state index is 0.903. The number of aryl methyl sites for hydroxylation is 1. The molecule has 0 aliphatic carbocycles. The van der Waals surface area contributed by atoms with Crippen molar-refractivity contribution in [2.24, 2.45) is 0 Å². The largest absolute Gasteiger partial charge is 0.0876 e. The van der Waals surface area contributed by atoms with Crippen LogP contribution in [0.3, 0.4) is 0 Å². The van der Waals surface area contributed by atoms with Gasteiger partial charge in [-0.15, -0.1) is 0 Å². The van der Waals surface area contributed by atoms with Crippen molar-refractivity contribution in [2.75, 3.05) is 0 Å². The van der Waals surface area contributed by atoms with Crippen LogP contribution in [0.2, 0.25) is 0 Å². The van der Waals surface area contributed by atoms with Crippen molar-refractivity contribution in [3.8, 4) is 22.3 Å². The van der Waals surface area contributed by atoms with Crippen LogP contribution >= 0.6 is 15.9 Å². The molecule has 0 aliphatic heterocycles. The maximum Gasteiger partial charge on any atom is 0.0283 e. The maximum absolute atomic E-state index is 3.48. The first-order chi connectivity index (χ1) is 10.8. The Morgan fingerprint density at radius 3 is 1.18 bits per heavy atom. The van der Waals surface area contributed by atoms with Crippen molar-refractivity contribution < 1.29 is 0 Å². The summed E-state index contributed by atoms with van der Waals surface area (Å²) in [6.45, 7) is 2.19. The first-order valence-electron chi connectivity index (χ1n) is 7.65. The summed E-state index contributed by atoms with van der Waals surface area (Å²) in [4.78, 5) is 0. The minimum atomic E-state index is 0.903. The molecule has 0 aliphatic rings. The Morgan fingerprint density at radius 1 is 0.545 bits per heavy atom. The highest BCUT2D eigenvalue weighted by Gasteiger charge is 2.01. The van der Waals surface area contributed by atoms with Gasteiger partial charge in [0.15, 0.2) is 0 Å². The van der Waals surface area contributed by atoms with Crippen molar-refractivity contribution in [3.05, 3.63) is 83.9 Å². The molecule has 3 aromatic carbocycles. The Kier molecular flexibility index (Phi) is 4.74. The molecule has 0 unspecified atom stereocenters. The molecular formula is C21H19Br. The molecule has 110 valence electrons. The van der Waals surface area contributed by atoms with Crippen LogP contribution in [-0.4, -0.2) is 0 Å². The van der Waals surface area contributed by atoms with Gasteiger partial charge < -0.3 is 0 Å². The van der Waals surface area contributed by atoms with Gasteiger partial charge in [0, 0.05) is 5.33 Å². The monoisotopic (exact) mass is 350 g/mol. The number of hydrogen-bond acceptors (Lipinski definition) is 0. The molecule has 0 saturated carbocycles. The van der Waals surface area contributed by atoms with Crippen LogP contribution in [0.5, 0.6) is 0 Å². The van der Waals surface area contributed by atoms with E-state index in [0.717, 1.165) is 11.8 Å². The number of halogens is 1. The summed E-state index contributed by atoms with van der Waals surface area (Å²) in [5.41, 5.74) is 7.75. The molecule has 0 radical (unpaired) electrons. The molecule has 0 fully saturated rings. The highest BCUT2D eigenvalue weighted by Crippen LogP contribution is 2.25. The lowest BCUT2D eigenvalue weighted by Crippen LogP contribution is -1.83. The van der Waals surface area contributed by atoms with Crippen LogP contribution < -0.4 is 0 Å². The van der Waals surface area contributed by atoms with E-state index in [9.17, 15) is 0 Å². The molecule has 0 saturated heterocycles. The van der Waals surface area contributed by atoms with Crippen LogP contribution in [0.1, 0.15) is 18.1 Å². The summed E-state index contributed by atoms with van der Waals surface area (Å²) < 4.78 is 0. The van der Waals surface area contributed by atoms with Gasteiger partial charge in [-0.25, -0.2) is 0 Å². The Balaban J connectivity index is 1.84. The van der Waals surface area contributed by atoms with Gasteiger partial charge >= 0.3 is 0 Å². The molecular weight excluding hydrogens is 332 g/mol. The van der Waals surface area contributed by atoms with Crippen LogP contribution in [0.4, 0.5) is 0 Å². The summed E-state index contributed by atoms with van der Waals surface area (Å²) >= 11 is 3.48. The molecule has 0 spiro atoms. The van der Waals surface area contributed by atoms with Crippen LogP contribution in [-0.2, 0) is 11.8 Å². The van der Waals surface area contributed by atoms with E-state index in [4.69, 9.17) is 0 Å². The van der Waals surface area contributed by atoms with Crippen molar-refractivity contribution in [1.29, 1.82) is 0 Å². The average molecular weight is 351 g/mol. The zero-order chi connectivity index (χ0) is 15.4. The molecule has 0 aromatic heterocycles. The fourth-order valence-electron chi connectivity index (χ4n) is 2.57. The van der Waals surface area contributed by atoms with Gasteiger partial charge in [-0.2, -0.15) is 0 Å². The quantitative estimate of drug-likeness (QED) is 0.472. The highest BCUT2D eigenvalue weighted by atomic mass is 79.9. The van der Waals surface area contributed by atoms with Crippen molar-refractivity contribution in [3.63, 3.8) is 0 Å². The normalized spacial score (nSPS) is 10.6. The number of alkyl halides is 1. The molecule has 1 heteroatoms. The molecule has 3 rings (SSSR count). The number of benzene rings is 3. The molecule has 0 nitrogen and oxygen atoms in total. The molecule has 0 heterocycles. The number of rotatable bonds is 4. The van der Waals surface area contributed by atoms with Crippen molar-refractivity contribution >= 4 is 15.9 Å². The van der Waals surface area contributed by atoms with Gasteiger partial charge in [-0.1, -0.05) is 95.7 Å². The van der Waals surface area contributed by atoms with E-state index in [1.165, 1.54) is 33.4 Å². The van der Waals surface area contributed by atoms with Gasteiger partial charge in [0.05, 0.1) is 0 Å². The fourth-order valence-corrected chi connectivity index (χ4v) is 2.95. The first-order valence-corrected chi connectivity index (χ1v) is 8.77. The summed E-state index contributed by atoms with van der Waals surface area (Å²) in [5.74, 6) is 0. The van der Waals surface area contributed by atoms with E-state index < -0.39 is 0 Å². The molecule has 3 aromatic rings. The Bertz CT molecular complexity index is 656. The summed E-state index contributed by atoms with van der Waals surface area (Å²) in [6, 6.07) is 26.3. The molecule has 0 N–H and O–H groups in total. The number of hydrogen-bond donors (Lipinski definition) is 0. The SMILES string of the molecule is CCc1ccc(-c2ccc(-c3ccc(CBr)cc3)cc2)cc1. The lowest BCUT2D eigenvalue weighted by molar-refractivity contribution is 1.14. The van der Waals surface area contributed by atoms with E-state index in [2.05, 4.69) is 95.7 Å². The third kappa shape index (κ3) is 3.31. The van der Waals surface area contributed by atoms with E-state index >= 15 is 0 Å². The first kappa shape index (κ1) is 15.1. The smallest absolute Gasteiger partial charge is 0.0283 e. The lowest BCUT2D eigenvalue weighted by atomic mass is 9.99. The van der Waals surface area contributed by atoms with Crippen molar-refractivity contribution in [1.82, 2.24) is 0 Å².